The number of benzene rings is 1. The van der Waals surface area contributed by atoms with E-state index in [0.717, 1.165) is 18.6 Å². The zero-order valence-corrected chi connectivity index (χ0v) is 13.7. The lowest BCUT2D eigenvalue weighted by molar-refractivity contribution is 0.204. The van der Waals surface area contributed by atoms with Crippen molar-refractivity contribution in [2.75, 3.05) is 13.1 Å². The number of thiazole rings is 1. The Bertz CT molecular complexity index is 483. The number of nitrogens with zero attached hydrogens (tertiary/aromatic N) is 2. The summed E-state index contributed by atoms with van der Waals surface area (Å²) in [4.78, 5) is 7.43. The highest BCUT2D eigenvalue weighted by Crippen LogP contribution is 2.32. The summed E-state index contributed by atoms with van der Waals surface area (Å²) in [5, 5.41) is 1.30. The second-order valence-corrected chi connectivity index (χ2v) is 6.31. The molecule has 2 rings (SSSR count). The molecule has 1 aromatic carbocycles. The topological polar surface area (TPSA) is 16.1 Å². The van der Waals surface area contributed by atoms with Crippen molar-refractivity contribution in [3.63, 3.8) is 0 Å². The van der Waals surface area contributed by atoms with E-state index >= 15 is 0 Å². The summed E-state index contributed by atoms with van der Waals surface area (Å²) in [5.41, 5.74) is 1.15. The van der Waals surface area contributed by atoms with Crippen LogP contribution < -0.4 is 0 Å². The van der Waals surface area contributed by atoms with Gasteiger partial charge in [0.05, 0.1) is 16.3 Å². The highest BCUT2D eigenvalue weighted by atomic mass is 32.1. The average molecular weight is 290 g/mol. The second kappa shape index (κ2) is 7.75. The molecule has 1 atom stereocenters. The van der Waals surface area contributed by atoms with E-state index in [1.54, 1.807) is 0 Å². The normalized spacial score (nSPS) is 13.2. The highest BCUT2D eigenvalue weighted by molar-refractivity contribution is 7.18. The number of para-hydroxylation sites is 1. The van der Waals surface area contributed by atoms with E-state index in [0.29, 0.717) is 6.04 Å². The largest absolute Gasteiger partial charge is 0.295 e. The third kappa shape index (κ3) is 3.58. The predicted molar refractivity (Wildman–Crippen MR) is 89.4 cm³/mol. The van der Waals surface area contributed by atoms with Gasteiger partial charge in [0.1, 0.15) is 5.01 Å². The first kappa shape index (κ1) is 15.5. The molecule has 20 heavy (non-hydrogen) atoms. The lowest BCUT2D eigenvalue weighted by Gasteiger charge is -2.28. The number of hydrogen-bond donors (Lipinski definition) is 0. The van der Waals surface area contributed by atoms with Gasteiger partial charge in [-0.2, -0.15) is 0 Å². The monoisotopic (exact) mass is 290 g/mol. The van der Waals surface area contributed by atoms with Gasteiger partial charge in [-0.05, 0) is 31.6 Å². The molecule has 0 fully saturated rings. The van der Waals surface area contributed by atoms with Crippen molar-refractivity contribution in [1.82, 2.24) is 9.88 Å². The van der Waals surface area contributed by atoms with Crippen LogP contribution in [0.5, 0.6) is 0 Å². The summed E-state index contributed by atoms with van der Waals surface area (Å²) in [6.07, 6.45) is 5.14. The minimum Gasteiger partial charge on any atom is -0.295 e. The molecular formula is C17H26N2S. The third-order valence-corrected chi connectivity index (χ3v) is 5.07. The van der Waals surface area contributed by atoms with Gasteiger partial charge in [-0.15, -0.1) is 11.3 Å². The Morgan fingerprint density at radius 1 is 1.10 bits per heavy atom. The zero-order chi connectivity index (χ0) is 14.4. The molecule has 2 nitrogen and oxygen atoms in total. The molecule has 0 saturated heterocycles. The molecule has 0 radical (unpaired) electrons. The van der Waals surface area contributed by atoms with Crippen molar-refractivity contribution in [3.8, 4) is 0 Å². The van der Waals surface area contributed by atoms with Crippen LogP contribution in [-0.2, 0) is 0 Å². The zero-order valence-electron chi connectivity index (χ0n) is 12.9. The molecule has 0 spiro atoms. The number of hydrogen-bond acceptors (Lipinski definition) is 3. The lowest BCUT2D eigenvalue weighted by Crippen LogP contribution is -2.28. The molecule has 110 valence electrons. The summed E-state index contributed by atoms with van der Waals surface area (Å²) < 4.78 is 1.31. The van der Waals surface area contributed by atoms with Gasteiger partial charge < -0.3 is 0 Å². The van der Waals surface area contributed by atoms with Crippen molar-refractivity contribution in [2.45, 2.75) is 52.5 Å². The molecule has 1 aromatic heterocycles. The summed E-state index contributed by atoms with van der Waals surface area (Å²) in [6.45, 7) is 8.98. The molecule has 1 heterocycles. The fraction of sp³-hybridized carbons (Fsp3) is 0.588. The Balaban J connectivity index is 2.23. The minimum atomic E-state index is 0.494. The number of unbranched alkanes of at least 4 members (excludes halogenated alkanes) is 2. The van der Waals surface area contributed by atoms with Gasteiger partial charge in [0, 0.05) is 0 Å². The summed E-state index contributed by atoms with van der Waals surface area (Å²) in [6, 6.07) is 8.99. The van der Waals surface area contributed by atoms with Crippen LogP contribution in [0.1, 0.15) is 57.5 Å². The van der Waals surface area contributed by atoms with Crippen molar-refractivity contribution in [3.05, 3.63) is 29.3 Å². The van der Waals surface area contributed by atoms with Gasteiger partial charge in [0.2, 0.25) is 0 Å². The number of aromatic nitrogens is 1. The molecular weight excluding hydrogens is 264 g/mol. The van der Waals surface area contributed by atoms with Crippen LogP contribution in [0.4, 0.5) is 0 Å². The average Bonchev–Trinajstić information content (AvgIpc) is 2.90. The Morgan fingerprint density at radius 3 is 2.50 bits per heavy atom. The minimum absolute atomic E-state index is 0.494. The van der Waals surface area contributed by atoms with Crippen LogP contribution in [0.3, 0.4) is 0 Å². The van der Waals surface area contributed by atoms with Crippen LogP contribution in [0.25, 0.3) is 10.2 Å². The van der Waals surface area contributed by atoms with Gasteiger partial charge in [-0.25, -0.2) is 4.98 Å². The summed E-state index contributed by atoms with van der Waals surface area (Å²) >= 11 is 1.87. The van der Waals surface area contributed by atoms with E-state index in [4.69, 9.17) is 4.98 Å². The predicted octanol–water partition coefficient (Wildman–Crippen LogP) is 5.26. The Morgan fingerprint density at radius 2 is 1.85 bits per heavy atom. The van der Waals surface area contributed by atoms with E-state index in [2.05, 4.69) is 49.9 Å². The highest BCUT2D eigenvalue weighted by Gasteiger charge is 2.21. The third-order valence-electron chi connectivity index (χ3n) is 3.93. The fourth-order valence-corrected chi connectivity index (χ4v) is 3.88. The first-order valence-corrected chi connectivity index (χ1v) is 8.71. The molecule has 0 bridgehead atoms. The second-order valence-electron chi connectivity index (χ2n) is 5.25. The van der Waals surface area contributed by atoms with Crippen molar-refractivity contribution in [1.29, 1.82) is 0 Å². The van der Waals surface area contributed by atoms with Crippen LogP contribution in [0.15, 0.2) is 24.3 Å². The van der Waals surface area contributed by atoms with E-state index in [9.17, 15) is 0 Å². The molecule has 0 amide bonds. The van der Waals surface area contributed by atoms with E-state index in [1.807, 2.05) is 11.3 Å². The SMILES string of the molecule is CCCCCC(c1nc2ccccc2s1)N(CC)CC. The van der Waals surface area contributed by atoms with Gasteiger partial charge in [0.25, 0.3) is 0 Å². The van der Waals surface area contributed by atoms with Crippen LogP contribution >= 0.6 is 11.3 Å². The van der Waals surface area contributed by atoms with E-state index in [-0.39, 0.29) is 0 Å². The summed E-state index contributed by atoms with van der Waals surface area (Å²) in [7, 11) is 0. The Labute approximate surface area is 126 Å². The van der Waals surface area contributed by atoms with Crippen LogP contribution in [-0.4, -0.2) is 23.0 Å². The quantitative estimate of drug-likeness (QED) is 0.616. The lowest BCUT2D eigenvalue weighted by atomic mass is 10.1. The molecule has 3 heteroatoms. The number of rotatable bonds is 8. The standard InChI is InChI=1S/C17H26N2S/c1-4-7-8-12-15(19(5-2)6-3)17-18-14-11-9-10-13-16(14)20-17/h9-11,13,15H,4-8,12H2,1-3H3. The van der Waals surface area contributed by atoms with Crippen molar-refractivity contribution < 1.29 is 0 Å². The first-order chi connectivity index (χ1) is 9.80. The van der Waals surface area contributed by atoms with Gasteiger partial charge in [0.15, 0.2) is 0 Å². The molecule has 0 aliphatic heterocycles. The van der Waals surface area contributed by atoms with Crippen LogP contribution in [0, 0.1) is 0 Å². The maximum Gasteiger partial charge on any atom is 0.111 e. The number of fused-ring (bicyclic) bond motifs is 1. The summed E-state index contributed by atoms with van der Waals surface area (Å²) in [5.74, 6) is 0. The molecule has 0 aliphatic rings. The molecule has 2 aromatic rings. The smallest absolute Gasteiger partial charge is 0.111 e. The van der Waals surface area contributed by atoms with Crippen molar-refractivity contribution >= 4 is 21.6 Å². The van der Waals surface area contributed by atoms with Crippen molar-refractivity contribution in [2.24, 2.45) is 0 Å². The molecule has 0 saturated carbocycles. The van der Waals surface area contributed by atoms with Gasteiger partial charge in [-0.3, -0.25) is 4.90 Å². The molecule has 0 N–H and O–H groups in total. The maximum atomic E-state index is 4.89. The Kier molecular flexibility index (Phi) is 5.99. The van der Waals surface area contributed by atoms with Crippen LogP contribution in [0.2, 0.25) is 0 Å². The molecule has 1 unspecified atom stereocenters. The Hall–Kier alpha value is -0.930. The van der Waals surface area contributed by atoms with Gasteiger partial charge in [-0.1, -0.05) is 52.2 Å². The molecule has 0 aliphatic carbocycles. The first-order valence-electron chi connectivity index (χ1n) is 7.89. The van der Waals surface area contributed by atoms with E-state index < -0.39 is 0 Å². The van der Waals surface area contributed by atoms with E-state index in [1.165, 1.54) is 35.4 Å². The maximum absolute atomic E-state index is 4.89. The fourth-order valence-electron chi connectivity index (χ4n) is 2.75. The van der Waals surface area contributed by atoms with Gasteiger partial charge >= 0.3 is 0 Å².